The lowest BCUT2D eigenvalue weighted by Crippen LogP contribution is -2.46. The molecule has 0 atom stereocenters. The average Bonchev–Trinajstić information content (AvgIpc) is 2.67. The maximum atomic E-state index is 2.71. The molecule has 0 radical (unpaired) electrons. The van der Waals surface area contributed by atoms with Gasteiger partial charge in [0.05, 0.1) is 0 Å². The number of rotatable bonds is 18. The lowest BCUT2D eigenvalue weighted by molar-refractivity contribution is 0.129. The summed E-state index contributed by atoms with van der Waals surface area (Å²) in [6.07, 6.45) is 23.0. The quantitative estimate of drug-likeness (QED) is 0.244. The molecular formula is C24H50N2. The third-order valence-corrected chi connectivity index (χ3v) is 6.12. The van der Waals surface area contributed by atoms with E-state index in [1.165, 1.54) is 142 Å². The Morgan fingerprint density at radius 2 is 0.654 bits per heavy atom. The summed E-state index contributed by atoms with van der Waals surface area (Å²) in [6.45, 7) is 12.5. The molecule has 1 fully saturated rings. The Kier molecular flexibility index (Phi) is 16.9. The first-order valence-corrected chi connectivity index (χ1v) is 12.3. The van der Waals surface area contributed by atoms with Crippen molar-refractivity contribution < 1.29 is 0 Å². The highest BCUT2D eigenvalue weighted by atomic mass is 15.3. The van der Waals surface area contributed by atoms with E-state index < -0.39 is 0 Å². The predicted molar refractivity (Wildman–Crippen MR) is 118 cm³/mol. The van der Waals surface area contributed by atoms with E-state index in [9.17, 15) is 0 Å². The molecule has 0 N–H and O–H groups in total. The molecule has 1 saturated heterocycles. The van der Waals surface area contributed by atoms with Gasteiger partial charge in [0, 0.05) is 26.2 Å². The molecule has 0 aliphatic carbocycles. The molecule has 0 unspecified atom stereocenters. The Bertz CT molecular complexity index is 243. The number of nitrogens with zero attached hydrogens (tertiary/aromatic N) is 2. The molecule has 0 saturated carbocycles. The highest BCUT2D eigenvalue weighted by molar-refractivity contribution is 4.71. The van der Waals surface area contributed by atoms with Crippen molar-refractivity contribution >= 4 is 0 Å². The van der Waals surface area contributed by atoms with E-state index in [1.54, 1.807) is 0 Å². The second-order valence-corrected chi connectivity index (χ2v) is 8.63. The Hall–Kier alpha value is -0.0800. The van der Waals surface area contributed by atoms with Crippen LogP contribution in [-0.4, -0.2) is 49.1 Å². The van der Waals surface area contributed by atoms with Crippen LogP contribution in [0.1, 0.15) is 117 Å². The molecule has 1 aliphatic heterocycles. The van der Waals surface area contributed by atoms with Gasteiger partial charge in [-0.3, -0.25) is 0 Å². The van der Waals surface area contributed by atoms with Crippen LogP contribution in [0.15, 0.2) is 0 Å². The topological polar surface area (TPSA) is 6.48 Å². The highest BCUT2D eigenvalue weighted by Crippen LogP contribution is 2.12. The van der Waals surface area contributed by atoms with E-state index in [2.05, 4.69) is 23.6 Å². The summed E-state index contributed by atoms with van der Waals surface area (Å²) in [5.41, 5.74) is 0. The smallest absolute Gasteiger partial charge is 0.0110 e. The van der Waals surface area contributed by atoms with Gasteiger partial charge in [-0.25, -0.2) is 0 Å². The molecule has 1 rings (SSSR count). The van der Waals surface area contributed by atoms with Crippen LogP contribution in [0.3, 0.4) is 0 Å². The lowest BCUT2D eigenvalue weighted by Gasteiger charge is -2.34. The number of unbranched alkanes of at least 4 members (excludes halogenated alkanes) is 14. The maximum Gasteiger partial charge on any atom is 0.0110 e. The Labute approximate surface area is 166 Å². The monoisotopic (exact) mass is 366 g/mol. The molecule has 1 heterocycles. The van der Waals surface area contributed by atoms with Crippen LogP contribution >= 0.6 is 0 Å². The SMILES string of the molecule is CCCCCCCCCCN1CCN(CCCCCCCCCC)CC1. The first-order chi connectivity index (χ1) is 12.9. The van der Waals surface area contributed by atoms with Crippen molar-refractivity contribution in [2.75, 3.05) is 39.3 Å². The van der Waals surface area contributed by atoms with Crippen LogP contribution in [0.25, 0.3) is 0 Å². The Morgan fingerprint density at radius 1 is 0.385 bits per heavy atom. The van der Waals surface area contributed by atoms with Gasteiger partial charge in [0.1, 0.15) is 0 Å². The van der Waals surface area contributed by atoms with Gasteiger partial charge in [0.2, 0.25) is 0 Å². The zero-order valence-corrected chi connectivity index (χ0v) is 18.5. The van der Waals surface area contributed by atoms with Crippen LogP contribution in [-0.2, 0) is 0 Å². The van der Waals surface area contributed by atoms with Gasteiger partial charge < -0.3 is 9.80 Å². The van der Waals surface area contributed by atoms with Crippen LogP contribution in [0, 0.1) is 0 Å². The van der Waals surface area contributed by atoms with Gasteiger partial charge in [-0.2, -0.15) is 0 Å². The molecule has 0 aromatic carbocycles. The molecule has 156 valence electrons. The van der Waals surface area contributed by atoms with Gasteiger partial charge in [-0.1, -0.05) is 104 Å². The second kappa shape index (κ2) is 18.3. The van der Waals surface area contributed by atoms with Gasteiger partial charge in [0.15, 0.2) is 0 Å². The number of hydrogen-bond donors (Lipinski definition) is 0. The van der Waals surface area contributed by atoms with E-state index in [1.807, 2.05) is 0 Å². The van der Waals surface area contributed by atoms with E-state index in [4.69, 9.17) is 0 Å². The fourth-order valence-electron chi connectivity index (χ4n) is 4.18. The molecule has 2 heteroatoms. The van der Waals surface area contributed by atoms with Crippen molar-refractivity contribution in [1.29, 1.82) is 0 Å². The van der Waals surface area contributed by atoms with Crippen molar-refractivity contribution in [2.24, 2.45) is 0 Å². The molecule has 2 nitrogen and oxygen atoms in total. The van der Waals surface area contributed by atoms with Crippen LogP contribution in [0.2, 0.25) is 0 Å². The number of hydrogen-bond acceptors (Lipinski definition) is 2. The van der Waals surface area contributed by atoms with Gasteiger partial charge in [-0.05, 0) is 25.9 Å². The van der Waals surface area contributed by atoms with Crippen molar-refractivity contribution in [1.82, 2.24) is 9.80 Å². The van der Waals surface area contributed by atoms with Crippen molar-refractivity contribution in [3.8, 4) is 0 Å². The molecule has 0 aromatic heterocycles. The van der Waals surface area contributed by atoms with Gasteiger partial charge >= 0.3 is 0 Å². The molecule has 1 aliphatic rings. The standard InChI is InChI=1S/C24H50N2/c1-3-5-7-9-11-13-15-17-19-25-21-23-26(24-22-25)20-18-16-14-12-10-8-6-4-2/h3-24H2,1-2H3. The van der Waals surface area contributed by atoms with Crippen LogP contribution in [0.4, 0.5) is 0 Å². The summed E-state index contributed by atoms with van der Waals surface area (Å²) < 4.78 is 0. The number of piperazine rings is 1. The van der Waals surface area contributed by atoms with Crippen molar-refractivity contribution in [3.05, 3.63) is 0 Å². The fraction of sp³-hybridized carbons (Fsp3) is 1.00. The van der Waals surface area contributed by atoms with E-state index in [0.29, 0.717) is 0 Å². The first kappa shape index (κ1) is 24.0. The predicted octanol–water partition coefficient (Wildman–Crippen LogP) is 6.89. The minimum atomic E-state index is 1.31. The van der Waals surface area contributed by atoms with Gasteiger partial charge in [-0.15, -0.1) is 0 Å². The van der Waals surface area contributed by atoms with E-state index >= 15 is 0 Å². The molecule has 26 heavy (non-hydrogen) atoms. The normalized spacial score (nSPS) is 16.4. The molecule has 0 bridgehead atoms. The minimum absolute atomic E-state index is 1.31. The second-order valence-electron chi connectivity index (χ2n) is 8.63. The third-order valence-electron chi connectivity index (χ3n) is 6.12. The average molecular weight is 367 g/mol. The van der Waals surface area contributed by atoms with Crippen LogP contribution < -0.4 is 0 Å². The van der Waals surface area contributed by atoms with Crippen molar-refractivity contribution in [3.63, 3.8) is 0 Å². The Balaban J connectivity index is 1.83. The van der Waals surface area contributed by atoms with E-state index in [0.717, 1.165) is 0 Å². The molecule has 0 amide bonds. The summed E-state index contributed by atoms with van der Waals surface area (Å²) in [5, 5.41) is 0. The van der Waals surface area contributed by atoms with Crippen LogP contribution in [0.5, 0.6) is 0 Å². The fourth-order valence-corrected chi connectivity index (χ4v) is 4.18. The summed E-state index contributed by atoms with van der Waals surface area (Å²) in [6, 6.07) is 0. The third kappa shape index (κ3) is 14.0. The zero-order valence-electron chi connectivity index (χ0n) is 18.5. The molecule has 0 aromatic rings. The van der Waals surface area contributed by atoms with E-state index in [-0.39, 0.29) is 0 Å². The largest absolute Gasteiger partial charge is 0.301 e. The summed E-state index contributed by atoms with van der Waals surface area (Å²) >= 11 is 0. The van der Waals surface area contributed by atoms with Gasteiger partial charge in [0.25, 0.3) is 0 Å². The van der Waals surface area contributed by atoms with Crippen molar-refractivity contribution in [2.45, 2.75) is 117 Å². The first-order valence-electron chi connectivity index (χ1n) is 12.3. The molecule has 0 spiro atoms. The summed E-state index contributed by atoms with van der Waals surface area (Å²) in [4.78, 5) is 5.42. The summed E-state index contributed by atoms with van der Waals surface area (Å²) in [7, 11) is 0. The molecular weight excluding hydrogens is 316 g/mol. The highest BCUT2D eigenvalue weighted by Gasteiger charge is 2.15. The Morgan fingerprint density at radius 3 is 0.962 bits per heavy atom. The summed E-state index contributed by atoms with van der Waals surface area (Å²) in [5.74, 6) is 0. The lowest BCUT2D eigenvalue weighted by atomic mass is 10.1. The maximum absolute atomic E-state index is 2.71. The minimum Gasteiger partial charge on any atom is -0.301 e. The zero-order chi connectivity index (χ0) is 18.7.